The molecule has 13 heteroatoms. The molecule has 0 saturated carbocycles. The number of piperidine rings is 1. The van der Waals surface area contributed by atoms with Crippen LogP contribution < -0.4 is 16.0 Å². The molecule has 0 radical (unpaired) electrons. The molecule has 3 rings (SSSR count). The Kier molecular flexibility index (Phi) is 12.5. The van der Waals surface area contributed by atoms with Gasteiger partial charge in [0.05, 0.1) is 11.8 Å². The lowest BCUT2D eigenvalue weighted by atomic mass is 9.89. The number of nitriles is 1. The number of hydrogen-bond acceptors (Lipinski definition) is 8. The largest absolute Gasteiger partial charge is 0.391 e. The van der Waals surface area contributed by atoms with Gasteiger partial charge in [-0.2, -0.15) is 5.26 Å². The Morgan fingerprint density at radius 2 is 1.84 bits per heavy atom. The molecule has 4 amide bonds. The summed E-state index contributed by atoms with van der Waals surface area (Å²) in [6.07, 6.45) is 1.70. The smallest absolute Gasteiger partial charge is 0.290 e. The van der Waals surface area contributed by atoms with Crippen LogP contribution in [0.15, 0.2) is 46.5 Å². The Morgan fingerprint density at radius 1 is 1.16 bits per heavy atom. The summed E-state index contributed by atoms with van der Waals surface area (Å²) in [5.41, 5.74) is 1.27. The zero-order valence-corrected chi connectivity index (χ0v) is 26.1. The van der Waals surface area contributed by atoms with Gasteiger partial charge in [0.25, 0.3) is 11.8 Å². The van der Waals surface area contributed by atoms with Crippen molar-refractivity contribution in [1.29, 1.82) is 5.26 Å². The number of aryl methyl sites for hydroxylation is 1. The van der Waals surface area contributed by atoms with E-state index < -0.39 is 35.9 Å². The number of nitrogens with one attached hydrogen (secondary N) is 3. The summed E-state index contributed by atoms with van der Waals surface area (Å²) in [5, 5.41) is 31.9. The van der Waals surface area contributed by atoms with Crippen molar-refractivity contribution < 1.29 is 28.8 Å². The second-order valence-corrected chi connectivity index (χ2v) is 11.7. The van der Waals surface area contributed by atoms with Crippen LogP contribution in [0.2, 0.25) is 5.02 Å². The number of likely N-dealkylation sites (tertiary alicyclic amines) is 1. The zero-order valence-electron chi connectivity index (χ0n) is 25.3. The number of carbonyl (C=O) groups is 4. The van der Waals surface area contributed by atoms with Gasteiger partial charge in [0.15, 0.2) is 0 Å². The maximum absolute atomic E-state index is 13.4. The second-order valence-electron chi connectivity index (χ2n) is 11.3. The molecule has 0 bridgehead atoms. The summed E-state index contributed by atoms with van der Waals surface area (Å²) < 4.78 is 4.96. The van der Waals surface area contributed by atoms with E-state index in [0.29, 0.717) is 42.2 Å². The van der Waals surface area contributed by atoms with Crippen molar-refractivity contribution in [3.63, 3.8) is 0 Å². The highest BCUT2D eigenvalue weighted by molar-refractivity contribution is 6.31. The van der Waals surface area contributed by atoms with Gasteiger partial charge in [-0.25, -0.2) is 0 Å². The average Bonchev–Trinajstić information content (AvgIpc) is 3.43. The van der Waals surface area contributed by atoms with Crippen LogP contribution in [0.3, 0.4) is 0 Å². The molecule has 2 heterocycles. The van der Waals surface area contributed by atoms with E-state index in [4.69, 9.17) is 16.1 Å². The summed E-state index contributed by atoms with van der Waals surface area (Å²) in [4.78, 5) is 53.9. The third-order valence-electron chi connectivity index (χ3n) is 7.27. The van der Waals surface area contributed by atoms with Crippen LogP contribution in [-0.2, 0) is 20.9 Å². The monoisotopic (exact) mass is 626 g/mol. The number of carbonyl (C=O) groups excluding carboxylic acids is 4. The van der Waals surface area contributed by atoms with E-state index in [0.717, 1.165) is 0 Å². The molecule has 1 saturated heterocycles. The van der Waals surface area contributed by atoms with Crippen LogP contribution in [0.25, 0.3) is 0 Å². The van der Waals surface area contributed by atoms with Crippen molar-refractivity contribution in [1.82, 2.24) is 26.0 Å². The number of nitrogens with zero attached hydrogens (tertiary/aromatic N) is 3. The zero-order chi connectivity index (χ0) is 32.4. The first-order valence-electron chi connectivity index (χ1n) is 14.5. The number of hydrogen-bond donors (Lipinski definition) is 4. The number of amides is 4. The number of halogens is 1. The molecule has 2 aromatic rings. The Balaban J connectivity index is 1.72. The third-order valence-corrected chi connectivity index (χ3v) is 7.64. The lowest BCUT2D eigenvalue weighted by Gasteiger charge is -2.34. The Bertz CT molecular complexity index is 1410. The molecule has 3 atom stereocenters. The maximum atomic E-state index is 13.4. The normalized spacial score (nSPS) is 16.0. The maximum Gasteiger partial charge on any atom is 0.290 e. The predicted octanol–water partition coefficient (Wildman–Crippen LogP) is 2.65. The van der Waals surface area contributed by atoms with Gasteiger partial charge in [-0.05, 0) is 56.6 Å². The van der Waals surface area contributed by atoms with Crippen LogP contribution in [0.4, 0.5) is 0 Å². The fraction of sp³-hybridized carbons (Fsp3) is 0.484. The van der Waals surface area contributed by atoms with Gasteiger partial charge >= 0.3 is 0 Å². The van der Waals surface area contributed by atoms with E-state index in [1.165, 1.54) is 13.0 Å². The first kappa shape index (κ1) is 34.3. The molecule has 1 aromatic carbocycles. The molecule has 1 aliphatic rings. The number of rotatable bonds is 12. The SMILES string of the molecule is Cc1cc(C(=O)N[C@H](C(=O)N[C@@H](CC2CCN(C(=O)C(C#N)=CC(C)C)CC2)C(=O)NCc2ccccc2Cl)[C@@H](C)O)on1. The second kappa shape index (κ2) is 16.0. The van der Waals surface area contributed by atoms with Crippen molar-refractivity contribution in [3.05, 3.63) is 64.0 Å². The minimum absolute atomic E-state index is 0.0354. The highest BCUT2D eigenvalue weighted by Crippen LogP contribution is 2.24. The summed E-state index contributed by atoms with van der Waals surface area (Å²) in [6.45, 7) is 7.68. The van der Waals surface area contributed by atoms with Crippen LogP contribution in [-0.4, -0.2) is 70.1 Å². The Labute approximate surface area is 261 Å². The van der Waals surface area contributed by atoms with E-state index >= 15 is 0 Å². The number of allylic oxidation sites excluding steroid dienone is 1. The van der Waals surface area contributed by atoms with E-state index in [2.05, 4.69) is 21.1 Å². The van der Waals surface area contributed by atoms with E-state index in [-0.39, 0.29) is 42.0 Å². The third kappa shape index (κ3) is 9.65. The number of aliphatic hydroxyl groups excluding tert-OH is 1. The first-order valence-corrected chi connectivity index (χ1v) is 14.9. The van der Waals surface area contributed by atoms with Gasteiger partial charge in [-0.1, -0.05) is 54.9 Å². The fourth-order valence-corrected chi connectivity index (χ4v) is 5.10. The Hall–Kier alpha value is -4.21. The standard InChI is InChI=1S/C31H39ClN6O6/c1-18(2)13-23(16-33)31(43)38-11-9-21(10-12-38)15-25(28(40)34-17-22-7-5-6-8-24(22)32)35-30(42)27(20(4)39)36-29(41)26-14-19(3)37-44-26/h5-8,13-14,18,20-21,25,27,39H,9-12,15,17H2,1-4H3,(H,34,40)(H,35,42)(H,36,41)/t20-,25+,27+/m1/s1. The van der Waals surface area contributed by atoms with E-state index in [1.807, 2.05) is 19.9 Å². The quantitative estimate of drug-likeness (QED) is 0.205. The molecule has 0 spiro atoms. The van der Waals surface area contributed by atoms with Crippen molar-refractivity contribution >= 4 is 35.2 Å². The molecule has 44 heavy (non-hydrogen) atoms. The summed E-state index contributed by atoms with van der Waals surface area (Å²) >= 11 is 6.25. The summed E-state index contributed by atoms with van der Waals surface area (Å²) in [6, 6.07) is 8.03. The van der Waals surface area contributed by atoms with E-state index in [9.17, 15) is 29.5 Å². The molecule has 4 N–H and O–H groups in total. The van der Waals surface area contributed by atoms with Gasteiger partial charge in [-0.3, -0.25) is 19.2 Å². The summed E-state index contributed by atoms with van der Waals surface area (Å²) in [5.74, 6) is -2.40. The van der Waals surface area contributed by atoms with Gasteiger partial charge in [0.2, 0.25) is 17.6 Å². The molecule has 1 aromatic heterocycles. The van der Waals surface area contributed by atoms with Crippen LogP contribution in [0.5, 0.6) is 0 Å². The lowest BCUT2D eigenvalue weighted by molar-refractivity contribution is -0.132. The molecule has 236 valence electrons. The van der Waals surface area contributed by atoms with Crippen molar-refractivity contribution in [2.75, 3.05) is 13.1 Å². The van der Waals surface area contributed by atoms with Crippen molar-refractivity contribution in [2.45, 2.75) is 71.7 Å². The fourth-order valence-electron chi connectivity index (χ4n) is 4.89. The molecular weight excluding hydrogens is 588 g/mol. The number of aliphatic hydroxyl groups is 1. The molecule has 0 aliphatic carbocycles. The van der Waals surface area contributed by atoms with Crippen molar-refractivity contribution in [2.24, 2.45) is 11.8 Å². The molecule has 0 unspecified atom stereocenters. The lowest BCUT2D eigenvalue weighted by Crippen LogP contribution is -2.57. The average molecular weight is 627 g/mol. The van der Waals surface area contributed by atoms with Crippen molar-refractivity contribution in [3.8, 4) is 6.07 Å². The first-order chi connectivity index (χ1) is 20.9. The van der Waals surface area contributed by atoms with Gasteiger partial charge < -0.3 is 30.5 Å². The number of aromatic nitrogens is 1. The highest BCUT2D eigenvalue weighted by Gasteiger charge is 2.33. The minimum Gasteiger partial charge on any atom is -0.391 e. The molecule has 12 nitrogen and oxygen atoms in total. The van der Waals surface area contributed by atoms with E-state index in [1.54, 1.807) is 42.2 Å². The predicted molar refractivity (Wildman–Crippen MR) is 162 cm³/mol. The number of benzene rings is 1. The van der Waals surface area contributed by atoms with Crippen LogP contribution in [0.1, 0.15) is 61.8 Å². The minimum atomic E-state index is -1.39. The summed E-state index contributed by atoms with van der Waals surface area (Å²) in [7, 11) is 0. The van der Waals surface area contributed by atoms with Crippen LogP contribution >= 0.6 is 11.6 Å². The highest BCUT2D eigenvalue weighted by atomic mass is 35.5. The topological polar surface area (TPSA) is 178 Å². The van der Waals surface area contributed by atoms with Gasteiger partial charge in [0.1, 0.15) is 23.7 Å². The molecule has 1 aliphatic heterocycles. The molecule has 1 fully saturated rings. The van der Waals surface area contributed by atoms with Gasteiger partial charge in [0, 0.05) is 30.7 Å². The molecular formula is C31H39ClN6O6. The van der Waals surface area contributed by atoms with Gasteiger partial charge in [-0.15, -0.1) is 0 Å². The Morgan fingerprint density at radius 3 is 2.41 bits per heavy atom. The van der Waals surface area contributed by atoms with Crippen LogP contribution in [0, 0.1) is 30.1 Å².